The van der Waals surface area contributed by atoms with E-state index in [-0.39, 0.29) is 11.9 Å². The first-order valence-electron chi connectivity index (χ1n) is 10.2. The van der Waals surface area contributed by atoms with Gasteiger partial charge in [0.05, 0.1) is 6.04 Å². The van der Waals surface area contributed by atoms with Crippen LogP contribution in [0.2, 0.25) is 0 Å². The van der Waals surface area contributed by atoms with E-state index in [1.165, 1.54) is 5.56 Å². The molecule has 1 atom stereocenters. The Hall–Kier alpha value is -2.57. The molecule has 0 spiro atoms. The lowest BCUT2D eigenvalue weighted by Gasteiger charge is -2.38. The van der Waals surface area contributed by atoms with Crippen LogP contribution in [0.5, 0.6) is 11.5 Å². The fraction of sp³-hybridized carbons (Fsp3) is 0.435. The van der Waals surface area contributed by atoms with Crippen LogP contribution in [0, 0.1) is 0 Å². The maximum Gasteiger partial charge on any atom is 0.239 e. The Morgan fingerprint density at radius 3 is 2.48 bits per heavy atom. The Balaban J connectivity index is 1.26. The minimum Gasteiger partial charge on any atom is -0.454 e. The van der Waals surface area contributed by atoms with Crippen LogP contribution >= 0.6 is 0 Å². The number of fused-ring (bicyclic) bond motifs is 1. The number of carbonyl (C=O) groups excluding carboxylic acids is 1. The van der Waals surface area contributed by atoms with Crippen molar-refractivity contribution in [3.63, 3.8) is 0 Å². The number of hydrogen-bond acceptors (Lipinski definition) is 5. The van der Waals surface area contributed by atoms with Gasteiger partial charge in [-0.3, -0.25) is 14.6 Å². The number of likely N-dealkylation sites (N-methyl/N-ethyl adjacent to an activating group) is 1. The van der Waals surface area contributed by atoms with Crippen LogP contribution in [0.1, 0.15) is 18.1 Å². The van der Waals surface area contributed by atoms with Gasteiger partial charge in [0.2, 0.25) is 12.7 Å². The second-order valence-corrected chi connectivity index (χ2v) is 7.86. The van der Waals surface area contributed by atoms with Crippen molar-refractivity contribution >= 4 is 5.91 Å². The number of carbonyl (C=O) groups is 1. The predicted octanol–water partition coefficient (Wildman–Crippen LogP) is 2.58. The average molecular weight is 396 g/mol. The summed E-state index contributed by atoms with van der Waals surface area (Å²) in [6.07, 6.45) is 0. The van der Waals surface area contributed by atoms with Gasteiger partial charge >= 0.3 is 0 Å². The maximum absolute atomic E-state index is 12.9. The van der Waals surface area contributed by atoms with E-state index < -0.39 is 0 Å². The highest BCUT2D eigenvalue weighted by Gasteiger charge is 2.27. The summed E-state index contributed by atoms with van der Waals surface area (Å²) in [5, 5.41) is 0. The van der Waals surface area contributed by atoms with E-state index in [1.54, 1.807) is 0 Å². The molecule has 0 saturated carbocycles. The van der Waals surface area contributed by atoms with Gasteiger partial charge in [0.1, 0.15) is 0 Å². The van der Waals surface area contributed by atoms with E-state index >= 15 is 0 Å². The quantitative estimate of drug-likeness (QED) is 0.752. The molecular weight excluding hydrogens is 366 g/mol. The van der Waals surface area contributed by atoms with Gasteiger partial charge in [0.25, 0.3) is 0 Å². The Kier molecular flexibility index (Phi) is 6.02. The molecule has 4 rings (SSSR count). The molecule has 0 unspecified atom stereocenters. The molecule has 6 heteroatoms. The van der Waals surface area contributed by atoms with Crippen LogP contribution in [0.3, 0.4) is 0 Å². The normalized spacial score (nSPS) is 17.9. The van der Waals surface area contributed by atoms with Crippen LogP contribution in [0.25, 0.3) is 0 Å². The van der Waals surface area contributed by atoms with Crippen molar-refractivity contribution in [3.8, 4) is 11.5 Å². The summed E-state index contributed by atoms with van der Waals surface area (Å²) in [5.74, 6) is 1.84. The van der Waals surface area contributed by atoms with Crippen molar-refractivity contribution in [1.29, 1.82) is 0 Å². The van der Waals surface area contributed by atoms with Crippen LogP contribution < -0.4 is 9.47 Å². The van der Waals surface area contributed by atoms with Crippen molar-refractivity contribution in [2.75, 3.05) is 40.0 Å². The largest absolute Gasteiger partial charge is 0.454 e. The zero-order chi connectivity index (χ0) is 20.2. The molecule has 2 aromatic rings. The number of rotatable bonds is 6. The highest BCUT2D eigenvalue weighted by molar-refractivity contribution is 5.81. The SMILES string of the molecule is C[C@H](C(=O)N(C)Cc1ccccc1)N1CCN(Cc2ccc3c(c2)OCO3)CC1. The molecule has 0 N–H and O–H groups in total. The number of hydrogen-bond donors (Lipinski definition) is 0. The van der Waals surface area contributed by atoms with Crippen molar-refractivity contribution < 1.29 is 14.3 Å². The summed E-state index contributed by atoms with van der Waals surface area (Å²) in [4.78, 5) is 19.4. The van der Waals surface area contributed by atoms with Gasteiger partial charge in [-0.05, 0) is 30.2 Å². The number of nitrogens with zero attached hydrogens (tertiary/aromatic N) is 3. The van der Waals surface area contributed by atoms with Crippen molar-refractivity contribution in [2.24, 2.45) is 0 Å². The topological polar surface area (TPSA) is 45.3 Å². The Morgan fingerprint density at radius 1 is 1.00 bits per heavy atom. The van der Waals surface area contributed by atoms with E-state index in [4.69, 9.17) is 9.47 Å². The van der Waals surface area contributed by atoms with Gasteiger partial charge < -0.3 is 14.4 Å². The second kappa shape index (κ2) is 8.84. The Morgan fingerprint density at radius 2 is 1.72 bits per heavy atom. The fourth-order valence-corrected chi connectivity index (χ4v) is 4.02. The molecule has 0 radical (unpaired) electrons. The first-order chi connectivity index (χ1) is 14.1. The zero-order valence-electron chi connectivity index (χ0n) is 17.2. The lowest BCUT2D eigenvalue weighted by atomic mass is 10.1. The van der Waals surface area contributed by atoms with Gasteiger partial charge in [0, 0.05) is 46.3 Å². The summed E-state index contributed by atoms with van der Waals surface area (Å²) in [7, 11) is 1.89. The second-order valence-electron chi connectivity index (χ2n) is 7.86. The summed E-state index contributed by atoms with van der Waals surface area (Å²) in [5.41, 5.74) is 2.39. The highest BCUT2D eigenvalue weighted by Crippen LogP contribution is 2.32. The molecule has 0 bridgehead atoms. The minimum absolute atomic E-state index is 0.101. The van der Waals surface area contributed by atoms with Gasteiger partial charge in [-0.1, -0.05) is 36.4 Å². The van der Waals surface area contributed by atoms with E-state index in [0.717, 1.165) is 49.8 Å². The first kappa shape index (κ1) is 19.7. The third-order valence-electron chi connectivity index (χ3n) is 5.79. The minimum atomic E-state index is -0.101. The molecule has 2 aliphatic heterocycles. The molecule has 1 fully saturated rings. The van der Waals surface area contributed by atoms with Gasteiger partial charge in [-0.15, -0.1) is 0 Å². The van der Waals surface area contributed by atoms with Gasteiger partial charge in [-0.2, -0.15) is 0 Å². The van der Waals surface area contributed by atoms with E-state index in [2.05, 4.69) is 34.1 Å². The molecule has 1 saturated heterocycles. The lowest BCUT2D eigenvalue weighted by Crippen LogP contribution is -2.53. The number of piperazine rings is 1. The lowest BCUT2D eigenvalue weighted by molar-refractivity contribution is -0.136. The van der Waals surface area contributed by atoms with Gasteiger partial charge in [-0.25, -0.2) is 0 Å². The highest BCUT2D eigenvalue weighted by atomic mass is 16.7. The average Bonchev–Trinajstić information content (AvgIpc) is 3.22. The Labute approximate surface area is 172 Å². The molecular formula is C23H29N3O3. The maximum atomic E-state index is 12.9. The van der Waals surface area contributed by atoms with Crippen molar-refractivity contribution in [1.82, 2.24) is 14.7 Å². The van der Waals surface area contributed by atoms with Gasteiger partial charge in [0.15, 0.2) is 11.5 Å². The smallest absolute Gasteiger partial charge is 0.239 e. The number of ether oxygens (including phenoxy) is 2. The molecule has 2 aliphatic rings. The third kappa shape index (κ3) is 4.71. The summed E-state index contributed by atoms with van der Waals surface area (Å²) >= 11 is 0. The van der Waals surface area contributed by atoms with Crippen LogP contribution in [0.15, 0.2) is 48.5 Å². The molecule has 2 heterocycles. The standard InChI is InChI=1S/C23H29N3O3/c1-18(23(27)24(2)15-19-6-4-3-5-7-19)26-12-10-25(11-13-26)16-20-8-9-21-22(14-20)29-17-28-21/h3-9,14,18H,10-13,15-17H2,1-2H3/t18-/m1/s1. The molecule has 0 aliphatic carbocycles. The molecule has 6 nitrogen and oxygen atoms in total. The van der Waals surface area contributed by atoms with E-state index in [0.29, 0.717) is 13.3 Å². The summed E-state index contributed by atoms with van der Waals surface area (Å²) in [6.45, 7) is 7.57. The number of benzene rings is 2. The first-order valence-corrected chi connectivity index (χ1v) is 10.2. The zero-order valence-corrected chi connectivity index (χ0v) is 17.2. The van der Waals surface area contributed by atoms with Crippen molar-refractivity contribution in [3.05, 3.63) is 59.7 Å². The molecule has 0 aromatic heterocycles. The van der Waals surface area contributed by atoms with Crippen LogP contribution in [-0.2, 0) is 17.9 Å². The predicted molar refractivity (Wildman–Crippen MR) is 112 cm³/mol. The van der Waals surface area contributed by atoms with Crippen LogP contribution in [0.4, 0.5) is 0 Å². The monoisotopic (exact) mass is 395 g/mol. The Bertz CT molecular complexity index is 835. The number of amides is 1. The van der Waals surface area contributed by atoms with Crippen LogP contribution in [-0.4, -0.2) is 66.7 Å². The fourth-order valence-electron chi connectivity index (χ4n) is 4.02. The van der Waals surface area contributed by atoms with Crippen molar-refractivity contribution in [2.45, 2.75) is 26.1 Å². The molecule has 2 aromatic carbocycles. The third-order valence-corrected chi connectivity index (χ3v) is 5.79. The van der Waals surface area contributed by atoms with E-state index in [9.17, 15) is 4.79 Å². The summed E-state index contributed by atoms with van der Waals surface area (Å²) < 4.78 is 10.9. The molecule has 29 heavy (non-hydrogen) atoms. The van der Waals surface area contributed by atoms with E-state index in [1.807, 2.05) is 43.1 Å². The molecule has 154 valence electrons. The molecule has 1 amide bonds. The summed E-state index contributed by atoms with van der Waals surface area (Å²) in [6, 6.07) is 16.2.